The van der Waals surface area contributed by atoms with E-state index in [2.05, 4.69) is 112 Å². The fourth-order valence-corrected chi connectivity index (χ4v) is 14.5. The third-order valence-electron chi connectivity index (χ3n) is 22.2. The van der Waals surface area contributed by atoms with Gasteiger partial charge in [0.1, 0.15) is 36.3 Å². The molecule has 21 N–H and O–H groups in total. The number of nitrogens with one attached hydrogen (secondary N) is 21. The van der Waals surface area contributed by atoms with Crippen LogP contribution in [0.15, 0.2) is 0 Å². The summed E-state index contributed by atoms with van der Waals surface area (Å²) in [5.74, 6) is -4.68. The summed E-state index contributed by atoms with van der Waals surface area (Å²) in [4.78, 5) is 196. The molecule has 0 spiro atoms. The number of amides is 15. The second-order valence-corrected chi connectivity index (χ2v) is 33.8. The van der Waals surface area contributed by atoms with Gasteiger partial charge in [0.2, 0.25) is 88.6 Å². The van der Waals surface area contributed by atoms with Gasteiger partial charge in [0.15, 0.2) is 0 Å². The number of hydrogen-bond acceptors (Lipinski definition) is 21. The average Bonchev–Trinajstić information content (AvgIpc) is 0.848. The lowest BCUT2D eigenvalue weighted by molar-refractivity contribution is -0.136. The molecule has 726 valence electrons. The maximum Gasteiger partial charge on any atom is 0.243 e. The van der Waals surface area contributed by atoms with Crippen molar-refractivity contribution in [1.29, 1.82) is 0 Å². The molecular formula is C90H171N21O15. The van der Waals surface area contributed by atoms with Crippen LogP contribution in [0.25, 0.3) is 0 Å². The Bertz CT molecular complexity index is 2720. The molecule has 2 heterocycles. The fourth-order valence-electron chi connectivity index (χ4n) is 14.5. The lowest BCUT2D eigenvalue weighted by Crippen LogP contribution is -2.60. The van der Waals surface area contributed by atoms with Crippen molar-refractivity contribution in [2.45, 2.75) is 364 Å². The van der Waals surface area contributed by atoms with Gasteiger partial charge in [-0.2, -0.15) is 0 Å². The van der Waals surface area contributed by atoms with E-state index < -0.39 is 71.7 Å². The summed E-state index contributed by atoms with van der Waals surface area (Å²) in [6.07, 6.45) is 29.3. The summed E-state index contributed by atoms with van der Waals surface area (Å²) >= 11 is 0. The van der Waals surface area contributed by atoms with Gasteiger partial charge in [-0.15, -0.1) is 0 Å². The van der Waals surface area contributed by atoms with Gasteiger partial charge in [-0.1, -0.05) is 38.5 Å². The molecule has 126 heavy (non-hydrogen) atoms. The van der Waals surface area contributed by atoms with Crippen molar-refractivity contribution in [3.05, 3.63) is 0 Å². The summed E-state index contributed by atoms with van der Waals surface area (Å²) in [6, 6.07) is -7.95. The van der Waals surface area contributed by atoms with Crippen LogP contribution in [0, 0.1) is 0 Å². The Kier molecular flexibility index (Phi) is 71.6. The standard InChI is InChI=1S/C48H90N12O9.C42H81N9O6/c1-34-43(64)58-38(23-14-20-32-53-41(62)26-11-8-17-29-50-5)47(68)56-36(3)45(66)60-39(24-15-21-33-54-42(63)27-12-9-18-30-51-6)48(69)57-35(2)44(65)59-37(46(67)55-34)22-13-19-31-52-40(61)25-10-7-16-28-49-4;1-43-25-13-4-7-22-37(52)46-28-16-10-19-34-31-40(55)50-36(21-12-18-30-48-39(54)24-9-6-15-27-45-3)33-42(57)51-35(32-41(56)49-34)20-11-17-29-47-38(53)23-8-5-14-26-44-2/h34-39,49-51H,7-33H2,1-6H3,(H,52,61)(H,53,62)(H,54,63)(H,55,67)(H,56,68)(H,57,69)(H,58,64)(H,59,65)(H,60,66);34-36,43-45H,4-33H2,1-3H3,(H,46,52)(H,47,53)(H,48,54)(H,49,56)(H,50,55)(H,51,57)/t34-,35-,36-,37+,38+,39+;/m1./s1. The molecule has 0 radical (unpaired) electrons. The highest BCUT2D eigenvalue weighted by molar-refractivity contribution is 5.98. The molecular weight excluding hydrogens is 1620 g/mol. The highest BCUT2D eigenvalue weighted by Crippen LogP contribution is 2.16. The molecule has 2 aliphatic rings. The molecule has 0 saturated carbocycles. The zero-order valence-electron chi connectivity index (χ0n) is 78.6. The minimum atomic E-state index is -1.15. The van der Waals surface area contributed by atoms with E-state index in [1.54, 1.807) is 0 Å². The number of carbonyl (C=O) groups excluding carboxylic acids is 15. The van der Waals surface area contributed by atoms with Crippen molar-refractivity contribution >= 4 is 88.6 Å². The van der Waals surface area contributed by atoms with Crippen molar-refractivity contribution in [2.75, 3.05) is 121 Å². The molecule has 36 nitrogen and oxygen atoms in total. The molecule has 0 aromatic heterocycles. The molecule has 0 aliphatic carbocycles. The zero-order chi connectivity index (χ0) is 93.0. The molecule has 0 bridgehead atoms. The molecule has 0 aromatic rings. The van der Waals surface area contributed by atoms with Crippen molar-refractivity contribution in [3.8, 4) is 0 Å². The highest BCUT2D eigenvalue weighted by atomic mass is 16.2. The topological polar surface area (TPSA) is 509 Å². The van der Waals surface area contributed by atoms with Gasteiger partial charge in [0.25, 0.3) is 0 Å². The average molecular weight is 1790 g/mol. The van der Waals surface area contributed by atoms with Gasteiger partial charge in [-0.3, -0.25) is 71.9 Å². The lowest BCUT2D eigenvalue weighted by atomic mass is 10.00. The van der Waals surface area contributed by atoms with Crippen LogP contribution in [0.5, 0.6) is 0 Å². The van der Waals surface area contributed by atoms with Crippen LogP contribution in [0.1, 0.15) is 310 Å². The van der Waals surface area contributed by atoms with Crippen LogP contribution in [0.2, 0.25) is 0 Å². The van der Waals surface area contributed by atoms with Crippen molar-refractivity contribution in [3.63, 3.8) is 0 Å². The first kappa shape index (κ1) is 116. The molecule has 3 unspecified atom stereocenters. The zero-order valence-corrected chi connectivity index (χ0v) is 78.6. The van der Waals surface area contributed by atoms with E-state index in [1.165, 1.54) is 20.8 Å². The number of rotatable bonds is 66. The molecule has 2 saturated heterocycles. The van der Waals surface area contributed by atoms with Gasteiger partial charge in [0, 0.05) is 115 Å². The quantitative estimate of drug-likeness (QED) is 0.0389. The third kappa shape index (κ3) is 64.5. The van der Waals surface area contributed by atoms with Crippen molar-refractivity contribution < 1.29 is 71.9 Å². The first-order valence-electron chi connectivity index (χ1n) is 48.0. The molecule has 36 heteroatoms. The van der Waals surface area contributed by atoms with Crippen LogP contribution in [0.3, 0.4) is 0 Å². The largest absolute Gasteiger partial charge is 0.356 e. The predicted octanol–water partition coefficient (Wildman–Crippen LogP) is 2.99. The van der Waals surface area contributed by atoms with Gasteiger partial charge >= 0.3 is 0 Å². The Labute approximate surface area is 753 Å². The summed E-state index contributed by atoms with van der Waals surface area (Å²) in [7, 11) is 11.4. The van der Waals surface area contributed by atoms with Crippen LogP contribution in [-0.2, 0) is 71.9 Å². The number of hydrogen-bond donors (Lipinski definition) is 21. The molecule has 9 atom stereocenters. The number of unbranched alkanes of at least 4 members (excludes halogenated alkanes) is 18. The van der Waals surface area contributed by atoms with E-state index in [-0.39, 0.29) is 110 Å². The van der Waals surface area contributed by atoms with E-state index in [4.69, 9.17) is 0 Å². The van der Waals surface area contributed by atoms with E-state index in [9.17, 15) is 71.9 Å². The minimum Gasteiger partial charge on any atom is -0.356 e. The van der Waals surface area contributed by atoms with Crippen LogP contribution in [-0.4, -0.2) is 264 Å². The molecule has 2 fully saturated rings. The van der Waals surface area contributed by atoms with E-state index in [0.717, 1.165) is 193 Å². The highest BCUT2D eigenvalue weighted by Gasteiger charge is 2.33. The van der Waals surface area contributed by atoms with Crippen molar-refractivity contribution in [1.82, 2.24) is 112 Å². The van der Waals surface area contributed by atoms with E-state index in [0.29, 0.717) is 136 Å². The van der Waals surface area contributed by atoms with Gasteiger partial charge < -0.3 is 112 Å². The second-order valence-electron chi connectivity index (χ2n) is 33.8. The lowest BCUT2D eigenvalue weighted by Gasteiger charge is -2.27. The Morgan fingerprint density at radius 2 is 0.389 bits per heavy atom. The van der Waals surface area contributed by atoms with Gasteiger partial charge in [-0.05, 0) is 295 Å². The van der Waals surface area contributed by atoms with E-state index in [1.807, 2.05) is 42.3 Å². The summed E-state index contributed by atoms with van der Waals surface area (Å²) in [5, 5.41) is 61.5. The van der Waals surface area contributed by atoms with Crippen LogP contribution in [0.4, 0.5) is 0 Å². The van der Waals surface area contributed by atoms with Gasteiger partial charge in [-0.25, -0.2) is 0 Å². The first-order valence-corrected chi connectivity index (χ1v) is 48.0. The molecule has 2 rings (SSSR count). The van der Waals surface area contributed by atoms with Crippen LogP contribution >= 0.6 is 0 Å². The maximum atomic E-state index is 13.8. The fraction of sp³-hybridized carbons (Fsp3) is 0.833. The normalized spacial score (nSPS) is 19.4. The predicted molar refractivity (Wildman–Crippen MR) is 494 cm³/mol. The Morgan fingerprint density at radius 3 is 0.571 bits per heavy atom. The Morgan fingerprint density at radius 1 is 0.214 bits per heavy atom. The SMILES string of the molecule is CNCCCCCC(=O)NCCCCC1CC(=O)NC(CCCCNC(=O)CCCCCNC)CC(=O)NC(CCCCNC(=O)CCCCCNC)CC(=O)N1.CNCCCCCC(=O)NCCCC[C@@H]1NC(=O)[C@@H](C)NC(=O)[C@H](CCCCNC(=O)CCCCCNC)NC(=O)[C@@H](C)NC(=O)[C@H](CCCCNC(=O)CCCCCNC)NC(=O)[C@@H](C)NC1=O. The Balaban J connectivity index is 0.00000128. The Hall–Kier alpha value is -8.19. The minimum absolute atomic E-state index is 0.0496. The summed E-state index contributed by atoms with van der Waals surface area (Å²) < 4.78 is 0. The smallest absolute Gasteiger partial charge is 0.243 e. The summed E-state index contributed by atoms with van der Waals surface area (Å²) in [6.45, 7) is 12.6. The first-order chi connectivity index (χ1) is 60.8. The maximum absolute atomic E-state index is 13.8. The molecule has 2 aliphatic heterocycles. The van der Waals surface area contributed by atoms with Crippen molar-refractivity contribution in [2.24, 2.45) is 0 Å². The second kappa shape index (κ2) is 77.9. The monoisotopic (exact) mass is 1790 g/mol. The third-order valence-corrected chi connectivity index (χ3v) is 22.2. The van der Waals surface area contributed by atoms with Gasteiger partial charge in [0.05, 0.1) is 0 Å². The number of carbonyl (C=O) groups is 15. The van der Waals surface area contributed by atoms with Crippen LogP contribution < -0.4 is 112 Å². The summed E-state index contributed by atoms with van der Waals surface area (Å²) in [5.41, 5.74) is 0. The molecule has 0 aromatic carbocycles. The van der Waals surface area contributed by atoms with E-state index >= 15 is 0 Å². The molecule has 15 amide bonds.